The number of rotatable bonds is 7. The van der Waals surface area contributed by atoms with E-state index in [0.717, 1.165) is 57.0 Å². The van der Waals surface area contributed by atoms with E-state index in [1.165, 1.54) is 0 Å². The minimum absolute atomic E-state index is 0.0579. The van der Waals surface area contributed by atoms with Crippen molar-refractivity contribution in [3.63, 3.8) is 0 Å². The average Bonchev–Trinajstić information content (AvgIpc) is 3.22. The van der Waals surface area contributed by atoms with Gasteiger partial charge in [-0.2, -0.15) is 10.1 Å². The van der Waals surface area contributed by atoms with Gasteiger partial charge in [-0.15, -0.1) is 0 Å². The van der Waals surface area contributed by atoms with E-state index < -0.39 is 0 Å². The van der Waals surface area contributed by atoms with Crippen molar-refractivity contribution in [3.8, 4) is 0 Å². The standard InChI is InChI=1S/C18H25N5O3/c1-2-23-12-14(11-19-23)18(24)22-8-5-15(6-9-22)25-10-7-16-20-17(26-21-16)13-3-4-13/h11-13,15H,2-10H2,1H3. The Morgan fingerprint density at radius 1 is 1.31 bits per heavy atom. The summed E-state index contributed by atoms with van der Waals surface area (Å²) >= 11 is 0. The van der Waals surface area contributed by atoms with Crippen molar-refractivity contribution in [1.82, 2.24) is 24.8 Å². The van der Waals surface area contributed by atoms with Crippen molar-refractivity contribution >= 4 is 5.91 Å². The van der Waals surface area contributed by atoms with Crippen molar-refractivity contribution < 1.29 is 14.1 Å². The third-order valence-electron chi connectivity index (χ3n) is 5.02. The van der Waals surface area contributed by atoms with Crippen LogP contribution in [0.2, 0.25) is 0 Å². The molecule has 2 fully saturated rings. The van der Waals surface area contributed by atoms with Gasteiger partial charge in [0.05, 0.1) is 24.5 Å². The maximum absolute atomic E-state index is 12.5. The van der Waals surface area contributed by atoms with Crippen LogP contribution in [0.25, 0.3) is 0 Å². The minimum Gasteiger partial charge on any atom is -0.378 e. The smallest absolute Gasteiger partial charge is 0.257 e. The summed E-state index contributed by atoms with van der Waals surface area (Å²) in [4.78, 5) is 18.8. The molecule has 4 rings (SSSR count). The van der Waals surface area contributed by atoms with Gasteiger partial charge in [-0.05, 0) is 32.6 Å². The highest BCUT2D eigenvalue weighted by Gasteiger charge is 2.29. The molecule has 0 aromatic carbocycles. The molecule has 26 heavy (non-hydrogen) atoms. The van der Waals surface area contributed by atoms with Crippen LogP contribution in [0.1, 0.15) is 60.6 Å². The van der Waals surface area contributed by atoms with Crippen molar-refractivity contribution in [1.29, 1.82) is 0 Å². The Hall–Kier alpha value is -2.22. The largest absolute Gasteiger partial charge is 0.378 e. The average molecular weight is 359 g/mol. The van der Waals surface area contributed by atoms with Gasteiger partial charge < -0.3 is 14.2 Å². The van der Waals surface area contributed by atoms with Crippen molar-refractivity contribution in [3.05, 3.63) is 29.7 Å². The zero-order valence-corrected chi connectivity index (χ0v) is 15.1. The number of amides is 1. The number of aromatic nitrogens is 4. The van der Waals surface area contributed by atoms with Crippen molar-refractivity contribution in [2.24, 2.45) is 0 Å². The Balaban J connectivity index is 1.19. The quantitative estimate of drug-likeness (QED) is 0.752. The van der Waals surface area contributed by atoms with Crippen LogP contribution in [-0.2, 0) is 17.7 Å². The van der Waals surface area contributed by atoms with E-state index in [1.54, 1.807) is 10.9 Å². The van der Waals surface area contributed by atoms with Gasteiger partial charge in [0.25, 0.3) is 5.91 Å². The molecule has 2 aromatic rings. The lowest BCUT2D eigenvalue weighted by atomic mass is 10.1. The van der Waals surface area contributed by atoms with Crippen LogP contribution in [0.4, 0.5) is 0 Å². The number of nitrogens with zero attached hydrogens (tertiary/aromatic N) is 5. The Labute approximate surface area is 152 Å². The molecule has 1 amide bonds. The molecule has 140 valence electrons. The first-order valence-corrected chi connectivity index (χ1v) is 9.48. The fourth-order valence-corrected chi connectivity index (χ4v) is 3.24. The maximum atomic E-state index is 12.5. The van der Waals surface area contributed by atoms with Crippen LogP contribution in [0.3, 0.4) is 0 Å². The van der Waals surface area contributed by atoms with Crippen LogP contribution < -0.4 is 0 Å². The number of hydrogen-bond donors (Lipinski definition) is 0. The Bertz CT molecular complexity index is 744. The molecule has 0 atom stereocenters. The number of piperidine rings is 1. The van der Waals surface area contributed by atoms with Gasteiger partial charge in [0.1, 0.15) is 0 Å². The fraction of sp³-hybridized carbons (Fsp3) is 0.667. The second-order valence-electron chi connectivity index (χ2n) is 7.02. The summed E-state index contributed by atoms with van der Waals surface area (Å²) in [6, 6.07) is 0. The lowest BCUT2D eigenvalue weighted by Crippen LogP contribution is -2.41. The van der Waals surface area contributed by atoms with Crippen LogP contribution in [-0.4, -0.2) is 56.5 Å². The predicted octanol–water partition coefficient (Wildman–Crippen LogP) is 2.03. The molecule has 0 radical (unpaired) electrons. The predicted molar refractivity (Wildman–Crippen MR) is 92.8 cm³/mol. The monoisotopic (exact) mass is 359 g/mol. The van der Waals surface area contributed by atoms with Crippen molar-refractivity contribution in [2.45, 2.75) is 57.6 Å². The molecule has 0 unspecified atom stereocenters. The third-order valence-corrected chi connectivity index (χ3v) is 5.02. The third kappa shape index (κ3) is 3.95. The van der Waals surface area contributed by atoms with E-state index in [1.807, 2.05) is 18.0 Å². The second kappa shape index (κ2) is 7.57. The Kier molecular flexibility index (Phi) is 5.01. The number of hydrogen-bond acceptors (Lipinski definition) is 6. The molecule has 1 saturated heterocycles. The molecular weight excluding hydrogens is 334 g/mol. The lowest BCUT2D eigenvalue weighted by Gasteiger charge is -2.31. The Morgan fingerprint density at radius 2 is 2.12 bits per heavy atom. The number of aryl methyl sites for hydroxylation is 1. The summed E-state index contributed by atoms with van der Waals surface area (Å²) in [5, 5.41) is 8.19. The van der Waals surface area contributed by atoms with E-state index in [4.69, 9.17) is 9.26 Å². The molecule has 2 aliphatic rings. The van der Waals surface area contributed by atoms with E-state index in [-0.39, 0.29) is 12.0 Å². The summed E-state index contributed by atoms with van der Waals surface area (Å²) < 4.78 is 13.0. The first-order valence-electron chi connectivity index (χ1n) is 9.48. The van der Waals surface area contributed by atoms with Crippen LogP contribution in [0, 0.1) is 0 Å². The van der Waals surface area contributed by atoms with Gasteiger partial charge in [-0.1, -0.05) is 5.16 Å². The number of likely N-dealkylation sites (tertiary alicyclic amines) is 1. The summed E-state index contributed by atoms with van der Waals surface area (Å²) in [7, 11) is 0. The van der Waals surface area contributed by atoms with E-state index in [9.17, 15) is 4.79 Å². The highest BCUT2D eigenvalue weighted by Crippen LogP contribution is 2.38. The van der Waals surface area contributed by atoms with Crippen LogP contribution >= 0.6 is 0 Å². The number of ether oxygens (including phenoxy) is 1. The summed E-state index contributed by atoms with van der Waals surface area (Å²) in [6.45, 7) is 4.80. The number of carbonyl (C=O) groups excluding carboxylic acids is 1. The van der Waals surface area contributed by atoms with Gasteiger partial charge in [-0.3, -0.25) is 9.48 Å². The summed E-state index contributed by atoms with van der Waals surface area (Å²) in [5.74, 6) is 2.05. The minimum atomic E-state index is 0.0579. The first-order chi connectivity index (χ1) is 12.7. The normalized spacial score (nSPS) is 18.4. The molecule has 3 heterocycles. The van der Waals surface area contributed by atoms with Crippen LogP contribution in [0.5, 0.6) is 0 Å². The Morgan fingerprint density at radius 3 is 2.81 bits per heavy atom. The second-order valence-corrected chi connectivity index (χ2v) is 7.02. The summed E-state index contributed by atoms with van der Waals surface area (Å²) in [5.41, 5.74) is 0.662. The highest BCUT2D eigenvalue weighted by atomic mass is 16.5. The van der Waals surface area contributed by atoms with Crippen LogP contribution in [0.15, 0.2) is 16.9 Å². The topological polar surface area (TPSA) is 86.3 Å². The number of carbonyl (C=O) groups is 1. The molecule has 0 bridgehead atoms. The molecule has 2 aromatic heterocycles. The van der Waals surface area contributed by atoms with E-state index in [0.29, 0.717) is 24.5 Å². The van der Waals surface area contributed by atoms with Gasteiger partial charge in [0, 0.05) is 38.2 Å². The molecule has 1 aliphatic carbocycles. The highest BCUT2D eigenvalue weighted by molar-refractivity contribution is 5.93. The van der Waals surface area contributed by atoms with Crippen molar-refractivity contribution in [2.75, 3.05) is 19.7 Å². The van der Waals surface area contributed by atoms with Gasteiger partial charge >= 0.3 is 0 Å². The fourth-order valence-electron chi connectivity index (χ4n) is 3.24. The summed E-state index contributed by atoms with van der Waals surface area (Å²) in [6.07, 6.45) is 8.35. The molecule has 1 aliphatic heterocycles. The molecule has 8 nitrogen and oxygen atoms in total. The van der Waals surface area contributed by atoms with Gasteiger partial charge in [0.15, 0.2) is 5.82 Å². The van der Waals surface area contributed by atoms with E-state index >= 15 is 0 Å². The zero-order valence-electron chi connectivity index (χ0n) is 15.1. The van der Waals surface area contributed by atoms with Gasteiger partial charge in [0.2, 0.25) is 5.89 Å². The molecule has 0 spiro atoms. The molecule has 8 heteroatoms. The molecular formula is C18H25N5O3. The van der Waals surface area contributed by atoms with E-state index in [2.05, 4.69) is 15.2 Å². The first kappa shape index (κ1) is 17.2. The molecule has 0 N–H and O–H groups in total. The molecule has 1 saturated carbocycles. The zero-order chi connectivity index (χ0) is 17.9. The maximum Gasteiger partial charge on any atom is 0.257 e. The SMILES string of the molecule is CCn1cc(C(=O)N2CCC(OCCc3noc(C4CC4)n3)CC2)cn1. The van der Waals surface area contributed by atoms with Gasteiger partial charge in [-0.25, -0.2) is 0 Å². The lowest BCUT2D eigenvalue weighted by molar-refractivity contribution is 0.00947.